The number of carbonyl (C=O) groups is 2. The first kappa shape index (κ1) is 18.8. The Hall–Kier alpha value is -2.26. The number of hydrogen-bond acceptors (Lipinski definition) is 5. The average molecular weight is 343 g/mol. The predicted molar refractivity (Wildman–Crippen MR) is 83.5 cm³/mol. The van der Waals surface area contributed by atoms with E-state index in [1.807, 2.05) is 0 Å². The third kappa shape index (κ3) is 5.80. The smallest absolute Gasteiger partial charge is 0.336 e. The van der Waals surface area contributed by atoms with Crippen LogP contribution < -0.4 is 0 Å². The molecule has 3 N–H and O–H groups in total. The van der Waals surface area contributed by atoms with Gasteiger partial charge < -0.3 is 10.2 Å². The van der Waals surface area contributed by atoms with Gasteiger partial charge in [0.05, 0.1) is 22.6 Å². The summed E-state index contributed by atoms with van der Waals surface area (Å²) in [5.74, 6) is -2.94. The zero-order valence-electron chi connectivity index (χ0n) is 12.6. The van der Waals surface area contributed by atoms with Gasteiger partial charge in [0.1, 0.15) is 0 Å². The maximum Gasteiger partial charge on any atom is 0.336 e. The minimum Gasteiger partial charge on any atom is -0.478 e. The monoisotopic (exact) mass is 343 g/mol. The van der Waals surface area contributed by atoms with Crippen LogP contribution in [-0.4, -0.2) is 46.6 Å². The molecule has 1 aromatic rings. The van der Waals surface area contributed by atoms with Crippen LogP contribution in [0.2, 0.25) is 0 Å². The maximum absolute atomic E-state index is 11.2. The Kier molecular flexibility index (Phi) is 5.99. The molecular weight excluding hydrogens is 326 g/mol. The van der Waals surface area contributed by atoms with Gasteiger partial charge in [0.2, 0.25) is 0 Å². The van der Waals surface area contributed by atoms with E-state index in [0.717, 1.165) is 6.07 Å². The molecule has 1 aromatic carbocycles. The summed E-state index contributed by atoms with van der Waals surface area (Å²) in [4.78, 5) is 26.4. The van der Waals surface area contributed by atoms with Gasteiger partial charge in [0.15, 0.2) is 0 Å². The number of nitrogens with zero attached hydrogens (tertiary/aromatic N) is 1. The fourth-order valence-corrected chi connectivity index (χ4v) is 2.44. The fourth-order valence-electron chi connectivity index (χ4n) is 1.93. The summed E-state index contributed by atoms with van der Waals surface area (Å²) >= 11 is 0. The van der Waals surface area contributed by atoms with Crippen molar-refractivity contribution in [1.29, 1.82) is 0 Å². The third-order valence-electron chi connectivity index (χ3n) is 3.11. The Labute approximate surface area is 133 Å². The van der Waals surface area contributed by atoms with Gasteiger partial charge in [0, 0.05) is 5.71 Å². The van der Waals surface area contributed by atoms with Crippen molar-refractivity contribution in [2.45, 2.75) is 26.7 Å². The van der Waals surface area contributed by atoms with Crippen LogP contribution in [0.4, 0.5) is 5.69 Å². The second kappa shape index (κ2) is 7.34. The molecule has 0 aliphatic carbocycles. The summed E-state index contributed by atoms with van der Waals surface area (Å²) in [6, 6.07) is 2.32. The summed E-state index contributed by atoms with van der Waals surface area (Å²) in [6.45, 7) is 3.12. The van der Waals surface area contributed by atoms with Crippen molar-refractivity contribution in [3.8, 4) is 0 Å². The molecule has 0 spiro atoms. The molecule has 126 valence electrons. The molecule has 0 heterocycles. The number of rotatable bonds is 7. The second-order valence-electron chi connectivity index (χ2n) is 5.01. The van der Waals surface area contributed by atoms with Crippen molar-refractivity contribution in [3.05, 3.63) is 28.8 Å². The van der Waals surface area contributed by atoms with Crippen molar-refractivity contribution in [3.63, 3.8) is 0 Å². The van der Waals surface area contributed by atoms with E-state index >= 15 is 0 Å². The van der Waals surface area contributed by atoms with Gasteiger partial charge in [-0.15, -0.1) is 0 Å². The number of hydrogen-bond donors (Lipinski definition) is 3. The molecule has 0 aromatic heterocycles. The second-order valence-corrected chi connectivity index (χ2v) is 6.59. The van der Waals surface area contributed by atoms with Gasteiger partial charge >= 0.3 is 11.9 Å². The van der Waals surface area contributed by atoms with E-state index < -0.39 is 27.8 Å². The lowest BCUT2D eigenvalue weighted by atomic mass is 10.0. The van der Waals surface area contributed by atoms with E-state index in [2.05, 4.69) is 4.99 Å². The number of aromatic carboxylic acids is 2. The van der Waals surface area contributed by atoms with E-state index in [4.69, 9.17) is 14.8 Å². The molecule has 0 unspecified atom stereocenters. The lowest BCUT2D eigenvalue weighted by molar-refractivity contribution is 0.0695. The van der Waals surface area contributed by atoms with Gasteiger partial charge in [-0.2, -0.15) is 8.42 Å². The maximum atomic E-state index is 11.2. The van der Waals surface area contributed by atoms with Crippen molar-refractivity contribution in [1.82, 2.24) is 0 Å². The summed E-state index contributed by atoms with van der Waals surface area (Å²) in [7, 11) is -4.05. The molecule has 9 heteroatoms. The van der Waals surface area contributed by atoms with Crippen molar-refractivity contribution in [2.24, 2.45) is 4.99 Å². The lowest BCUT2D eigenvalue weighted by Crippen LogP contribution is -2.06. The number of benzene rings is 1. The van der Waals surface area contributed by atoms with Gasteiger partial charge in [-0.05, 0) is 44.4 Å². The molecular formula is C14H17NO7S. The van der Waals surface area contributed by atoms with E-state index in [0.29, 0.717) is 11.3 Å². The Morgan fingerprint density at radius 1 is 1.17 bits per heavy atom. The molecule has 0 aliphatic heterocycles. The Morgan fingerprint density at radius 2 is 1.78 bits per heavy atom. The van der Waals surface area contributed by atoms with E-state index in [9.17, 15) is 18.0 Å². The highest BCUT2D eigenvalue weighted by molar-refractivity contribution is 7.85. The van der Waals surface area contributed by atoms with Crippen LogP contribution in [0, 0.1) is 6.92 Å². The summed E-state index contributed by atoms with van der Waals surface area (Å²) < 4.78 is 30.0. The molecule has 0 saturated carbocycles. The minimum atomic E-state index is -4.05. The van der Waals surface area contributed by atoms with Crippen LogP contribution in [-0.2, 0) is 10.1 Å². The highest BCUT2D eigenvalue weighted by atomic mass is 32.2. The lowest BCUT2D eigenvalue weighted by Gasteiger charge is -2.08. The first-order valence-corrected chi connectivity index (χ1v) is 8.22. The molecule has 23 heavy (non-hydrogen) atoms. The van der Waals surface area contributed by atoms with E-state index in [1.54, 1.807) is 6.92 Å². The van der Waals surface area contributed by atoms with Crippen LogP contribution in [0.25, 0.3) is 0 Å². The van der Waals surface area contributed by atoms with Crippen LogP contribution in [0.15, 0.2) is 17.1 Å². The van der Waals surface area contributed by atoms with Crippen LogP contribution in [0.5, 0.6) is 0 Å². The van der Waals surface area contributed by atoms with Crippen LogP contribution >= 0.6 is 0 Å². The SMILES string of the molecule is CC(CCCS(=O)(=O)O)=Nc1cc(C(=O)O)cc(C(=O)O)c1C. The zero-order valence-corrected chi connectivity index (χ0v) is 13.4. The van der Waals surface area contributed by atoms with Crippen molar-refractivity contribution >= 4 is 33.5 Å². The van der Waals surface area contributed by atoms with Crippen molar-refractivity contribution in [2.75, 3.05) is 5.75 Å². The summed E-state index contributed by atoms with van der Waals surface area (Å²) in [6.07, 6.45) is 0.413. The van der Waals surface area contributed by atoms with Gasteiger partial charge in [-0.1, -0.05) is 0 Å². The number of carboxylic acid groups (broad SMARTS) is 2. The molecule has 0 amide bonds. The summed E-state index contributed by atoms with van der Waals surface area (Å²) in [5.41, 5.74) is 0.658. The van der Waals surface area contributed by atoms with Crippen LogP contribution in [0.3, 0.4) is 0 Å². The largest absolute Gasteiger partial charge is 0.478 e. The highest BCUT2D eigenvalue weighted by Gasteiger charge is 2.16. The quantitative estimate of drug-likeness (QED) is 0.508. The number of aliphatic imine (C=N–C) groups is 1. The first-order chi connectivity index (χ1) is 10.5. The normalized spacial score (nSPS) is 12.2. The average Bonchev–Trinajstić information content (AvgIpc) is 2.38. The van der Waals surface area contributed by atoms with E-state index in [1.165, 1.54) is 13.0 Å². The Bertz CT molecular complexity index is 766. The van der Waals surface area contributed by atoms with Crippen LogP contribution in [0.1, 0.15) is 46.0 Å². The first-order valence-electron chi connectivity index (χ1n) is 6.62. The van der Waals surface area contributed by atoms with Gasteiger partial charge in [-0.25, -0.2) is 9.59 Å². The third-order valence-corrected chi connectivity index (χ3v) is 3.91. The summed E-state index contributed by atoms with van der Waals surface area (Å²) in [5, 5.41) is 18.2. The van der Waals surface area contributed by atoms with E-state index in [-0.39, 0.29) is 29.7 Å². The molecule has 0 atom stereocenters. The molecule has 0 saturated heterocycles. The minimum absolute atomic E-state index is 0.150. The molecule has 0 aliphatic rings. The number of carboxylic acids is 2. The van der Waals surface area contributed by atoms with Crippen molar-refractivity contribution < 1.29 is 32.8 Å². The van der Waals surface area contributed by atoms with Gasteiger partial charge in [0.25, 0.3) is 10.1 Å². The molecule has 1 rings (SSSR count). The molecule has 0 fully saturated rings. The Balaban J connectivity index is 3.13. The Morgan fingerprint density at radius 3 is 2.26 bits per heavy atom. The highest BCUT2D eigenvalue weighted by Crippen LogP contribution is 2.25. The molecule has 0 bridgehead atoms. The topological polar surface area (TPSA) is 141 Å². The zero-order chi connectivity index (χ0) is 17.8. The standard InChI is InChI=1S/C14H17NO7S/c1-8(4-3-5-23(20,21)22)15-12-7-10(13(16)17)6-11(9(12)2)14(18)19/h6-7H,3-5H2,1-2H3,(H,16,17)(H,18,19)(H,20,21,22). The molecule has 8 nitrogen and oxygen atoms in total. The fraction of sp³-hybridized carbons (Fsp3) is 0.357. The molecule has 0 radical (unpaired) electrons. The predicted octanol–water partition coefficient (Wildman–Crippen LogP) is 2.15. The van der Waals surface area contributed by atoms with Gasteiger partial charge in [-0.3, -0.25) is 9.55 Å².